The molecule has 5 heteroatoms. The van der Waals surface area contributed by atoms with Gasteiger partial charge in [0.1, 0.15) is 25.0 Å². The van der Waals surface area contributed by atoms with E-state index in [2.05, 4.69) is 22.0 Å². The fraction of sp³-hybridized carbons (Fsp3) is 0.188. The predicted octanol–water partition coefficient (Wildman–Crippen LogP) is 3.79. The number of hydrogen-bond donors (Lipinski definition) is 0. The maximum absolute atomic E-state index is 9.08. The maximum atomic E-state index is 9.08. The first-order valence-corrected chi connectivity index (χ1v) is 7.12. The Kier molecular flexibility index (Phi) is 5.47. The molecule has 0 aliphatic heterocycles. The number of ether oxygens (including phenoxy) is 3. The van der Waals surface area contributed by atoms with E-state index in [0.717, 1.165) is 10.2 Å². The lowest BCUT2D eigenvalue weighted by Crippen LogP contribution is -2.10. The number of hydrogen-bond acceptors (Lipinski definition) is 4. The van der Waals surface area contributed by atoms with Crippen LogP contribution in [0.1, 0.15) is 5.56 Å². The molecule has 0 heterocycles. The Morgan fingerprint density at radius 1 is 1.05 bits per heavy atom. The van der Waals surface area contributed by atoms with Gasteiger partial charge in [-0.15, -0.1) is 0 Å². The SMILES string of the molecule is COc1cccc(C#N)c1OCCOc1ccc(Br)cc1. The van der Waals surface area contributed by atoms with E-state index >= 15 is 0 Å². The van der Waals surface area contributed by atoms with Crippen molar-refractivity contribution < 1.29 is 14.2 Å². The molecule has 0 saturated heterocycles. The summed E-state index contributed by atoms with van der Waals surface area (Å²) in [6, 6.07) is 14.8. The van der Waals surface area contributed by atoms with E-state index in [9.17, 15) is 0 Å². The first-order chi connectivity index (χ1) is 10.2. The highest BCUT2D eigenvalue weighted by atomic mass is 79.9. The van der Waals surface area contributed by atoms with E-state index in [0.29, 0.717) is 30.3 Å². The molecule has 0 radical (unpaired) electrons. The minimum Gasteiger partial charge on any atom is -0.493 e. The summed E-state index contributed by atoms with van der Waals surface area (Å²) in [5.74, 6) is 1.75. The Morgan fingerprint density at radius 3 is 2.43 bits per heavy atom. The van der Waals surface area contributed by atoms with Gasteiger partial charge in [0, 0.05) is 4.47 Å². The molecule has 0 fully saturated rings. The van der Waals surface area contributed by atoms with Crippen LogP contribution in [0.25, 0.3) is 0 Å². The monoisotopic (exact) mass is 347 g/mol. The van der Waals surface area contributed by atoms with Crippen molar-refractivity contribution in [3.63, 3.8) is 0 Å². The first kappa shape index (κ1) is 15.2. The maximum Gasteiger partial charge on any atom is 0.179 e. The average Bonchev–Trinajstić information content (AvgIpc) is 2.53. The second-order valence-electron chi connectivity index (χ2n) is 4.10. The second-order valence-corrected chi connectivity index (χ2v) is 5.02. The van der Waals surface area contributed by atoms with Crippen molar-refractivity contribution in [1.82, 2.24) is 0 Å². The molecule has 2 aromatic carbocycles. The van der Waals surface area contributed by atoms with Crippen molar-refractivity contribution in [1.29, 1.82) is 5.26 Å². The number of nitrogens with zero attached hydrogens (tertiary/aromatic N) is 1. The fourth-order valence-corrected chi connectivity index (χ4v) is 2.01. The lowest BCUT2D eigenvalue weighted by molar-refractivity contribution is 0.211. The Labute approximate surface area is 132 Å². The quantitative estimate of drug-likeness (QED) is 0.746. The van der Waals surface area contributed by atoms with Gasteiger partial charge in [-0.2, -0.15) is 5.26 Å². The van der Waals surface area contributed by atoms with Crippen LogP contribution in [0, 0.1) is 11.3 Å². The topological polar surface area (TPSA) is 51.5 Å². The van der Waals surface area contributed by atoms with Crippen LogP contribution >= 0.6 is 15.9 Å². The Morgan fingerprint density at radius 2 is 1.76 bits per heavy atom. The summed E-state index contributed by atoms with van der Waals surface area (Å²) in [7, 11) is 1.54. The van der Waals surface area contributed by atoms with Crippen molar-refractivity contribution >= 4 is 15.9 Å². The molecular weight excluding hydrogens is 334 g/mol. The van der Waals surface area contributed by atoms with Crippen LogP contribution in [0.2, 0.25) is 0 Å². The third kappa shape index (κ3) is 4.14. The van der Waals surface area contributed by atoms with Crippen molar-refractivity contribution in [3.05, 3.63) is 52.5 Å². The van der Waals surface area contributed by atoms with Gasteiger partial charge in [0.2, 0.25) is 0 Å². The van der Waals surface area contributed by atoms with Gasteiger partial charge in [-0.1, -0.05) is 22.0 Å². The van der Waals surface area contributed by atoms with E-state index in [1.807, 2.05) is 24.3 Å². The molecule has 21 heavy (non-hydrogen) atoms. The van der Waals surface area contributed by atoms with Gasteiger partial charge in [-0.3, -0.25) is 0 Å². The predicted molar refractivity (Wildman–Crippen MR) is 82.8 cm³/mol. The molecule has 0 unspecified atom stereocenters. The molecular formula is C16H14BrNO3. The van der Waals surface area contributed by atoms with E-state index in [1.54, 1.807) is 25.3 Å². The van der Waals surface area contributed by atoms with Gasteiger partial charge < -0.3 is 14.2 Å². The van der Waals surface area contributed by atoms with Crippen LogP contribution in [0.15, 0.2) is 46.9 Å². The van der Waals surface area contributed by atoms with Crippen LogP contribution in [0.4, 0.5) is 0 Å². The number of para-hydroxylation sites is 1. The number of halogens is 1. The smallest absolute Gasteiger partial charge is 0.179 e. The molecule has 0 spiro atoms. The summed E-state index contributed by atoms with van der Waals surface area (Å²) < 4.78 is 17.4. The summed E-state index contributed by atoms with van der Waals surface area (Å²) in [6.45, 7) is 0.704. The standard InChI is InChI=1S/C16H14BrNO3/c1-19-15-4-2-3-12(11-18)16(15)21-10-9-20-14-7-5-13(17)6-8-14/h2-8H,9-10H2,1H3. The number of rotatable bonds is 6. The molecule has 0 aromatic heterocycles. The molecule has 0 bridgehead atoms. The second kappa shape index (κ2) is 7.55. The first-order valence-electron chi connectivity index (χ1n) is 6.33. The van der Waals surface area contributed by atoms with Gasteiger partial charge in [-0.25, -0.2) is 0 Å². The van der Waals surface area contributed by atoms with Crippen LogP contribution in [0.5, 0.6) is 17.2 Å². The molecule has 0 amide bonds. The zero-order valence-electron chi connectivity index (χ0n) is 11.5. The normalized spacial score (nSPS) is 9.76. The Bertz CT molecular complexity index is 635. The lowest BCUT2D eigenvalue weighted by atomic mass is 10.2. The summed E-state index contributed by atoms with van der Waals surface area (Å²) >= 11 is 3.36. The molecule has 2 rings (SSSR count). The third-order valence-corrected chi connectivity index (χ3v) is 3.26. The molecule has 0 saturated carbocycles. The van der Waals surface area contributed by atoms with Crippen molar-refractivity contribution in [2.24, 2.45) is 0 Å². The molecule has 0 aliphatic rings. The largest absolute Gasteiger partial charge is 0.493 e. The average molecular weight is 348 g/mol. The minimum atomic E-state index is 0.325. The van der Waals surface area contributed by atoms with Gasteiger partial charge >= 0.3 is 0 Å². The number of nitriles is 1. The van der Waals surface area contributed by atoms with Crippen molar-refractivity contribution in [2.45, 2.75) is 0 Å². The van der Waals surface area contributed by atoms with E-state index in [4.69, 9.17) is 19.5 Å². The zero-order chi connectivity index (χ0) is 15.1. The van der Waals surface area contributed by atoms with Gasteiger partial charge in [-0.05, 0) is 36.4 Å². The molecule has 0 N–H and O–H groups in total. The molecule has 108 valence electrons. The number of benzene rings is 2. The molecule has 0 aliphatic carbocycles. The minimum absolute atomic E-state index is 0.325. The summed E-state index contributed by atoms with van der Waals surface area (Å²) in [5.41, 5.74) is 0.443. The van der Waals surface area contributed by atoms with Gasteiger partial charge in [0.25, 0.3) is 0 Å². The highest BCUT2D eigenvalue weighted by molar-refractivity contribution is 9.10. The van der Waals surface area contributed by atoms with Crippen LogP contribution < -0.4 is 14.2 Å². The van der Waals surface area contributed by atoms with Gasteiger partial charge in [0.05, 0.1) is 12.7 Å². The summed E-state index contributed by atoms with van der Waals surface area (Å²) in [4.78, 5) is 0. The Balaban J connectivity index is 1.92. The van der Waals surface area contributed by atoms with E-state index in [-0.39, 0.29) is 0 Å². The van der Waals surface area contributed by atoms with Gasteiger partial charge in [0.15, 0.2) is 11.5 Å². The van der Waals surface area contributed by atoms with Crippen LogP contribution in [0.3, 0.4) is 0 Å². The fourth-order valence-electron chi connectivity index (χ4n) is 1.75. The highest BCUT2D eigenvalue weighted by Gasteiger charge is 2.10. The molecule has 2 aromatic rings. The van der Waals surface area contributed by atoms with Crippen LogP contribution in [-0.2, 0) is 0 Å². The Hall–Kier alpha value is -2.19. The summed E-state index contributed by atoms with van der Waals surface area (Å²) in [6.07, 6.45) is 0. The number of methoxy groups -OCH3 is 1. The van der Waals surface area contributed by atoms with Crippen molar-refractivity contribution in [3.8, 4) is 23.3 Å². The molecule has 4 nitrogen and oxygen atoms in total. The van der Waals surface area contributed by atoms with E-state index in [1.165, 1.54) is 0 Å². The summed E-state index contributed by atoms with van der Waals surface area (Å²) in [5, 5.41) is 9.08. The lowest BCUT2D eigenvalue weighted by Gasteiger charge is -2.12. The highest BCUT2D eigenvalue weighted by Crippen LogP contribution is 2.30. The van der Waals surface area contributed by atoms with Crippen molar-refractivity contribution in [2.75, 3.05) is 20.3 Å². The third-order valence-electron chi connectivity index (χ3n) is 2.73. The zero-order valence-corrected chi connectivity index (χ0v) is 13.1. The van der Waals surface area contributed by atoms with E-state index < -0.39 is 0 Å². The molecule has 0 atom stereocenters. The van der Waals surface area contributed by atoms with Crippen LogP contribution in [-0.4, -0.2) is 20.3 Å².